The minimum absolute atomic E-state index is 0. The van der Waals surface area contributed by atoms with Gasteiger partial charge in [0, 0.05) is 0 Å². The van der Waals surface area contributed by atoms with Crippen LogP contribution in [0, 0.1) is 10.8 Å². The van der Waals surface area contributed by atoms with Gasteiger partial charge >= 0.3 is 41.9 Å². The van der Waals surface area contributed by atoms with E-state index in [1.165, 1.54) is 141 Å². The van der Waals surface area contributed by atoms with Gasteiger partial charge in [0.05, 0.1) is 0 Å². The van der Waals surface area contributed by atoms with Crippen LogP contribution in [0.4, 0.5) is 0 Å². The van der Waals surface area contributed by atoms with Crippen molar-refractivity contribution >= 4 is 48.5 Å². The summed E-state index contributed by atoms with van der Waals surface area (Å²) in [5.41, 5.74) is 9.77. The third-order valence-corrected chi connectivity index (χ3v) is 13.2. The van der Waals surface area contributed by atoms with E-state index in [4.69, 9.17) is 0 Å². The predicted octanol–water partition coefficient (Wildman–Crippen LogP) is 9.80. The van der Waals surface area contributed by atoms with Crippen LogP contribution >= 0.6 is 0 Å². The SMILES string of the molecule is CCC1(Cc2cc3c(-c4ccc5ccccc5c4)cccc3[cH-]2)CCC1.CCC1(Cc2cc3c(-c4ccc5ccccc5c4)cccc3[cH-]2)CCC1.C[Si](C)=[Zr+2].[Cl-].[Cl-]. The molecule has 2 fully saturated rings. The second-order valence-electron chi connectivity index (χ2n) is 17.2. The van der Waals surface area contributed by atoms with Crippen LogP contribution in [0.3, 0.4) is 0 Å². The molecular weight excluding hydrogens is 839 g/mol. The normalized spacial score (nSPS) is 14.9. The Morgan fingerprint density at radius 2 is 0.879 bits per heavy atom. The van der Waals surface area contributed by atoms with Crippen LogP contribution in [0.5, 0.6) is 0 Å². The monoisotopic (exact) mass is 892 g/mol. The standard InChI is InChI=1S/2C26H25.C2H6Si.2ClH.Zr/c2*1-2-26(13-6-14-26)18-19-15-22-9-5-10-24(25(22)16-19)23-12-11-20-7-3-4-8-21(20)17-23;1-3-2;;;/h2*3-5,7-12,15-17H,2,6,13-14,18H2,1H3;1-2H3;2*1H;/q2*-1;;;;+2/p-2. The fourth-order valence-corrected chi connectivity index (χ4v) is 9.55. The zero-order chi connectivity index (χ0) is 38.7. The zero-order valence-electron chi connectivity index (χ0n) is 34.7. The first-order valence-electron chi connectivity index (χ1n) is 21.1. The van der Waals surface area contributed by atoms with Crippen molar-refractivity contribution in [2.45, 2.75) is 91.1 Å². The van der Waals surface area contributed by atoms with E-state index in [-0.39, 0.29) is 30.2 Å². The van der Waals surface area contributed by atoms with Gasteiger partial charge in [0.25, 0.3) is 0 Å². The Labute approximate surface area is 374 Å². The minimum Gasteiger partial charge on any atom is -1.00 e. The maximum absolute atomic E-state index is 2.45. The van der Waals surface area contributed by atoms with E-state index >= 15 is 0 Å². The van der Waals surface area contributed by atoms with Crippen molar-refractivity contribution < 1.29 is 48.1 Å². The van der Waals surface area contributed by atoms with Gasteiger partial charge < -0.3 is 24.8 Å². The molecule has 0 unspecified atom stereocenters. The van der Waals surface area contributed by atoms with E-state index in [2.05, 4.69) is 173 Å². The number of halogens is 2. The van der Waals surface area contributed by atoms with E-state index in [0.717, 1.165) is 0 Å². The van der Waals surface area contributed by atoms with Crippen LogP contribution < -0.4 is 24.8 Å². The minimum atomic E-state index is 0. The van der Waals surface area contributed by atoms with Crippen LogP contribution in [0.15, 0.2) is 146 Å². The van der Waals surface area contributed by atoms with Crippen molar-refractivity contribution in [1.29, 1.82) is 0 Å². The number of hydrogen-bond acceptors (Lipinski definition) is 0. The molecule has 2 aliphatic carbocycles. The van der Waals surface area contributed by atoms with E-state index in [1.54, 1.807) is 23.3 Å². The first-order chi connectivity index (χ1) is 27.3. The summed E-state index contributed by atoms with van der Waals surface area (Å²) in [7, 11) is 0. The predicted molar refractivity (Wildman–Crippen MR) is 243 cm³/mol. The molecule has 0 spiro atoms. The third kappa shape index (κ3) is 9.68. The van der Waals surface area contributed by atoms with Gasteiger partial charge in [-0.3, -0.25) is 0 Å². The molecule has 0 saturated heterocycles. The molecule has 0 aliphatic heterocycles. The molecule has 4 heteroatoms. The Morgan fingerprint density at radius 3 is 1.22 bits per heavy atom. The maximum Gasteiger partial charge on any atom is -1.00 e. The first kappa shape index (κ1) is 44.3. The molecule has 0 atom stereocenters. The molecule has 0 nitrogen and oxygen atoms in total. The smallest absolute Gasteiger partial charge is 1.00 e. The van der Waals surface area contributed by atoms with Crippen molar-refractivity contribution in [3.8, 4) is 22.3 Å². The average molecular weight is 895 g/mol. The maximum atomic E-state index is 2.45. The summed E-state index contributed by atoms with van der Waals surface area (Å²) < 4.78 is 0. The molecule has 296 valence electrons. The zero-order valence-corrected chi connectivity index (χ0v) is 39.7. The summed E-state index contributed by atoms with van der Waals surface area (Å²) in [5, 5.41) is 10.8. The molecule has 0 radical (unpaired) electrons. The number of hydrogen-bond donors (Lipinski definition) is 0. The van der Waals surface area contributed by atoms with Gasteiger partial charge in [-0.1, -0.05) is 136 Å². The summed E-state index contributed by atoms with van der Waals surface area (Å²) in [4.78, 5) is 0. The molecule has 0 heterocycles. The van der Waals surface area contributed by atoms with Crippen LogP contribution in [0.25, 0.3) is 65.3 Å². The molecule has 58 heavy (non-hydrogen) atoms. The van der Waals surface area contributed by atoms with Gasteiger partial charge in [-0.2, -0.15) is 12.1 Å². The fraction of sp³-hybridized carbons (Fsp3) is 0.296. The second-order valence-corrected chi connectivity index (χ2v) is 26.6. The Morgan fingerprint density at radius 1 is 0.500 bits per heavy atom. The second kappa shape index (κ2) is 19.4. The molecule has 2 saturated carbocycles. The summed E-state index contributed by atoms with van der Waals surface area (Å²) in [5.74, 6) is 0. The van der Waals surface area contributed by atoms with Crippen molar-refractivity contribution in [1.82, 2.24) is 0 Å². The summed E-state index contributed by atoms with van der Waals surface area (Å²) in [6, 6.07) is 54.2. The van der Waals surface area contributed by atoms with Crippen LogP contribution in [-0.4, -0.2) is 5.43 Å². The Hall–Kier alpha value is -3.26. The van der Waals surface area contributed by atoms with E-state index in [0.29, 0.717) is 10.8 Å². The molecule has 0 amide bonds. The van der Waals surface area contributed by atoms with Gasteiger partial charge in [0.1, 0.15) is 0 Å². The van der Waals surface area contributed by atoms with Gasteiger partial charge in [-0.05, 0) is 94.2 Å². The molecule has 8 aromatic carbocycles. The van der Waals surface area contributed by atoms with Gasteiger partial charge in [0.2, 0.25) is 0 Å². The molecule has 10 rings (SSSR count). The van der Waals surface area contributed by atoms with Crippen molar-refractivity contribution in [3.63, 3.8) is 0 Å². The number of fused-ring (bicyclic) bond motifs is 4. The van der Waals surface area contributed by atoms with E-state index in [9.17, 15) is 0 Å². The number of rotatable bonds is 8. The molecule has 0 N–H and O–H groups in total. The van der Waals surface area contributed by atoms with Gasteiger partial charge in [0.15, 0.2) is 0 Å². The Kier molecular flexibility index (Phi) is 14.8. The first-order valence-corrected chi connectivity index (χ1v) is 27.3. The summed E-state index contributed by atoms with van der Waals surface area (Å²) in [6.07, 6.45) is 13.6. The van der Waals surface area contributed by atoms with Crippen LogP contribution in [0.2, 0.25) is 13.1 Å². The Balaban J connectivity index is 0.000000174. The van der Waals surface area contributed by atoms with E-state index in [1.807, 2.05) is 0 Å². The fourth-order valence-electron chi connectivity index (χ4n) is 9.55. The molecule has 0 bridgehead atoms. The van der Waals surface area contributed by atoms with E-state index < -0.39 is 0 Å². The molecule has 2 aliphatic rings. The number of benzene rings is 6. The molecule has 0 aromatic heterocycles. The Bertz CT molecular complexity index is 2440. The summed E-state index contributed by atoms with van der Waals surface area (Å²) >= 11 is 1.74. The largest absolute Gasteiger partial charge is 1.00 e. The van der Waals surface area contributed by atoms with Crippen LogP contribution in [0.1, 0.15) is 76.3 Å². The van der Waals surface area contributed by atoms with Gasteiger partial charge in [-0.15, -0.1) is 69.1 Å². The third-order valence-electron chi connectivity index (χ3n) is 13.2. The van der Waals surface area contributed by atoms with Gasteiger partial charge in [-0.25, -0.2) is 0 Å². The van der Waals surface area contributed by atoms with Crippen molar-refractivity contribution in [2.24, 2.45) is 10.8 Å². The van der Waals surface area contributed by atoms with Crippen molar-refractivity contribution in [2.75, 3.05) is 0 Å². The summed E-state index contributed by atoms with van der Waals surface area (Å²) in [6.45, 7) is 9.34. The quantitative estimate of drug-likeness (QED) is 0.105. The van der Waals surface area contributed by atoms with Crippen molar-refractivity contribution in [3.05, 3.63) is 157 Å². The average Bonchev–Trinajstić information content (AvgIpc) is 3.80. The molecular formula is C54H56Cl2SiZr-2. The molecule has 8 aromatic rings. The topological polar surface area (TPSA) is 0 Å². The van der Waals surface area contributed by atoms with Crippen LogP contribution in [-0.2, 0) is 36.2 Å².